The van der Waals surface area contributed by atoms with Crippen molar-refractivity contribution < 1.29 is 185 Å². The number of carbonyl (C=O) groups is 11. The molecule has 0 saturated carbocycles. The highest BCUT2D eigenvalue weighted by atomic mass is 16.7. The molecule has 52 nitrogen and oxygen atoms in total. The van der Waals surface area contributed by atoms with Crippen LogP contribution in [-0.2, 0) is 9.59 Å². The molecule has 143 heavy (non-hydrogen) atoms. The molecular formula is C86H91B5N7O45. The highest BCUT2D eigenvalue weighted by molar-refractivity contribution is 6.75. The van der Waals surface area contributed by atoms with Crippen LogP contribution in [0.25, 0.3) is 0 Å². The number of benzene rings is 9. The van der Waals surface area contributed by atoms with Gasteiger partial charge in [0.25, 0.3) is 0 Å². The van der Waals surface area contributed by atoms with Gasteiger partial charge in [-0.2, -0.15) is 0 Å². The van der Waals surface area contributed by atoms with Gasteiger partial charge in [0.15, 0.2) is 107 Å². The van der Waals surface area contributed by atoms with Gasteiger partial charge in [0, 0.05) is 97.0 Å². The number of para-hydroxylation sites is 2. The summed E-state index contributed by atoms with van der Waals surface area (Å²) in [6.07, 6.45) is 2.09. The van der Waals surface area contributed by atoms with Gasteiger partial charge in [0.2, 0.25) is 40.2 Å². The van der Waals surface area contributed by atoms with Crippen LogP contribution < -0.4 is 56.8 Å². The van der Waals surface area contributed by atoms with Crippen LogP contribution in [-0.4, -0.2) is 251 Å². The molecule has 13 radical (unpaired) electrons. The number of hydrogen-bond acceptors (Lipinski definition) is 43. The summed E-state index contributed by atoms with van der Waals surface area (Å²) in [6.45, 7) is 16.2. The maximum atomic E-state index is 11.2. The van der Waals surface area contributed by atoms with Crippen molar-refractivity contribution in [1.82, 2.24) is 0 Å². The summed E-state index contributed by atoms with van der Waals surface area (Å²) in [5.41, 5.74) is -2.93. The zero-order valence-corrected chi connectivity index (χ0v) is 77.6. The first-order chi connectivity index (χ1) is 65.4. The number of aromatic hydroxyl groups is 6. The van der Waals surface area contributed by atoms with E-state index in [1.807, 2.05) is 0 Å². The zero-order valence-electron chi connectivity index (χ0n) is 77.6. The number of carboxylic acid groups (broad SMARTS) is 2. The first-order valence-electron chi connectivity index (χ1n) is 38.2. The lowest BCUT2D eigenvalue weighted by Gasteiger charge is -2.18. The number of esters is 2. The minimum absolute atomic E-state index is 0. The number of hydrogen-bond donors (Lipinski definition) is 8. The number of nitrogens with zero attached hydrogens (tertiary/aromatic N) is 7. The van der Waals surface area contributed by atoms with E-state index in [1.54, 1.807) is 85.7 Å². The fraction of sp³-hybridized carbons (Fsp3) is 0.244. The van der Waals surface area contributed by atoms with Crippen molar-refractivity contribution in [1.29, 1.82) is 0 Å². The predicted molar refractivity (Wildman–Crippen MR) is 507 cm³/mol. The van der Waals surface area contributed by atoms with Crippen molar-refractivity contribution in [2.24, 2.45) is 0 Å². The average molecular weight is 2000 g/mol. The number of nitro benzene ring substituents is 7. The Labute approximate surface area is 819 Å². The molecule has 0 heterocycles. The van der Waals surface area contributed by atoms with E-state index >= 15 is 0 Å². The molecule has 8 N–H and O–H groups in total. The summed E-state index contributed by atoms with van der Waals surface area (Å²) < 4.78 is 59.8. The van der Waals surface area contributed by atoms with Gasteiger partial charge in [-0.1, -0.05) is 19.6 Å². The lowest BCUT2D eigenvalue weighted by molar-refractivity contribution is -0.386. The van der Waals surface area contributed by atoms with Crippen molar-refractivity contribution >= 4 is 148 Å². The number of carboxylic acids is 2. The molecule has 0 atom stereocenters. The van der Waals surface area contributed by atoms with Crippen LogP contribution in [0.15, 0.2) is 121 Å². The number of ether oxygens (including phenoxy) is 12. The molecule has 0 aliphatic heterocycles. The van der Waals surface area contributed by atoms with Crippen molar-refractivity contribution in [2.75, 3.05) is 42.7 Å². The van der Waals surface area contributed by atoms with Crippen molar-refractivity contribution in [2.45, 2.75) is 101 Å². The van der Waals surface area contributed by atoms with Gasteiger partial charge in [-0.15, -0.1) is 0 Å². The lowest BCUT2D eigenvalue weighted by Crippen LogP contribution is -2.15. The third kappa shape index (κ3) is 39.6. The summed E-state index contributed by atoms with van der Waals surface area (Å²) in [5, 5.41) is 148. The fourth-order valence-electron chi connectivity index (χ4n) is 10.1. The number of carbonyl (C=O) groups excluding carboxylic acids is 9. The number of aldehydes is 7. The van der Waals surface area contributed by atoms with Crippen LogP contribution in [0.3, 0.4) is 0 Å². The molecular weight excluding hydrogens is 1910 g/mol. The van der Waals surface area contributed by atoms with E-state index in [1.165, 1.54) is 66.7 Å². The van der Waals surface area contributed by atoms with Gasteiger partial charge in [-0.3, -0.25) is 114 Å². The Morgan fingerprint density at radius 3 is 0.839 bits per heavy atom. The number of methoxy groups -OCH3 is 6. The molecule has 0 spiro atoms. The molecule has 0 unspecified atom stereocenters. The van der Waals surface area contributed by atoms with Crippen molar-refractivity contribution in [3.05, 3.63) is 242 Å². The van der Waals surface area contributed by atoms with Crippen LogP contribution in [0.2, 0.25) is 0 Å². The Kier molecular flexibility index (Phi) is 61.4. The minimum atomic E-state index is -1.39. The summed E-state index contributed by atoms with van der Waals surface area (Å²) in [5.74, 6) is -8.25. The quantitative estimate of drug-likeness (QED) is 0.00369. The summed E-state index contributed by atoms with van der Waals surface area (Å²) in [4.78, 5) is 187. The summed E-state index contributed by atoms with van der Waals surface area (Å²) >= 11 is 0. The predicted octanol–water partition coefficient (Wildman–Crippen LogP) is 12.6. The minimum Gasteiger partial charge on any atom is -0.504 e. The molecule has 0 aromatic heterocycles. The molecule has 0 saturated heterocycles. The standard InChI is InChI=1S/C13H17NO6.C13H17NO5.C10H9NO6.C10H10O4.C8H7NO6.2C8H7NO5.C8H8O3.C7H5NO5.CH4.B2.3B/c1-7(2)19-11-9(13(15)16)5-6-10(14(17)18)12(11)20-8(3)4;1-8(2)18-12-10(7-15)5-6-11(14(16)17)13(12)19-9(3)4;1-6(13)17-9-7(5-12)3-4-8(11(14)15)10(9)16-2;1-7(12)14-10-8(6-11)4-3-5-9(10)13-2;1-15-7-5(9(13)14)3-2-4(6(7)10)8(11)12;2*1-14-8-6(9(12)13)3-2-5(4-10)7(8)11;1-11-7-4-2-3-6(5-9)8(7)10;9-3-4-1-2-5(8(12)13)7(11)6(4)10;;1-2;;;/h5-8H,1-4H3,(H,15,16);5-9H,1-4H3;3-5H,1-2H3;3-6H,1-2H3;2-3,10H,1H3,(H,11,12);2*2-4,11H,1H3;2-5,10H,1H3;1-3,10-11H;1H4;;;;. The van der Waals surface area contributed by atoms with Gasteiger partial charge >= 0.3 is 63.7 Å². The second kappa shape index (κ2) is 66.0. The van der Waals surface area contributed by atoms with Gasteiger partial charge < -0.3 is 97.7 Å². The number of nitro groups is 7. The normalized spacial score (nSPS) is 9.43. The van der Waals surface area contributed by atoms with E-state index < -0.39 is 110 Å². The first kappa shape index (κ1) is 133. The molecule has 755 valence electrons. The van der Waals surface area contributed by atoms with Crippen LogP contribution in [0.1, 0.15) is 170 Å². The Bertz CT molecular complexity index is 5840. The Morgan fingerprint density at radius 2 is 0.524 bits per heavy atom. The molecule has 0 amide bonds. The Balaban J connectivity index is -0.000000499. The second-order valence-electron chi connectivity index (χ2n) is 26.5. The van der Waals surface area contributed by atoms with E-state index in [0.29, 0.717) is 61.1 Å². The maximum Gasteiger partial charge on any atom is 0.339 e. The average Bonchev–Trinajstić information content (AvgIpc) is 0.797. The van der Waals surface area contributed by atoms with Gasteiger partial charge in [0.1, 0.15) is 11.1 Å². The van der Waals surface area contributed by atoms with E-state index in [-0.39, 0.29) is 182 Å². The van der Waals surface area contributed by atoms with E-state index in [2.05, 4.69) is 29.7 Å². The Hall–Kier alpha value is -18.5. The lowest BCUT2D eigenvalue weighted by atomic mass is 9.81. The van der Waals surface area contributed by atoms with Crippen LogP contribution >= 0.6 is 0 Å². The zero-order chi connectivity index (χ0) is 107. The highest BCUT2D eigenvalue weighted by Gasteiger charge is 2.32. The Morgan fingerprint density at radius 1 is 0.280 bits per heavy atom. The molecule has 9 rings (SSSR count). The topological polar surface area (TPSA) is 762 Å². The van der Waals surface area contributed by atoms with Gasteiger partial charge in [-0.25, -0.2) is 9.59 Å². The molecule has 9 aromatic rings. The molecule has 0 fully saturated rings. The smallest absolute Gasteiger partial charge is 0.339 e. The van der Waals surface area contributed by atoms with Gasteiger partial charge in [0.05, 0.1) is 140 Å². The largest absolute Gasteiger partial charge is 0.504 e. The first-order valence-corrected chi connectivity index (χ1v) is 38.2. The van der Waals surface area contributed by atoms with E-state index in [9.17, 15) is 144 Å². The van der Waals surface area contributed by atoms with E-state index in [0.717, 1.165) is 80.8 Å². The third-order valence-electron chi connectivity index (χ3n) is 15.8. The molecule has 0 aliphatic carbocycles. The van der Waals surface area contributed by atoms with E-state index in [4.69, 9.17) is 63.1 Å². The molecule has 0 bridgehead atoms. The monoisotopic (exact) mass is 2000 g/mol. The van der Waals surface area contributed by atoms with Crippen LogP contribution in [0.4, 0.5) is 39.8 Å². The van der Waals surface area contributed by atoms with Crippen molar-refractivity contribution in [3.63, 3.8) is 0 Å². The fourth-order valence-corrected chi connectivity index (χ4v) is 10.1. The molecule has 9 aromatic carbocycles. The summed E-state index contributed by atoms with van der Waals surface area (Å²) in [7, 11) is 15.5. The number of phenols is 6. The second-order valence-corrected chi connectivity index (χ2v) is 26.5. The highest BCUT2D eigenvalue weighted by Crippen LogP contribution is 2.46. The molecule has 57 heteroatoms. The number of rotatable bonds is 32. The number of aromatic carboxylic acids is 2. The maximum absolute atomic E-state index is 11.2. The third-order valence-corrected chi connectivity index (χ3v) is 15.8. The SMILES string of the molecule is C.CC(C)Oc1c(C(=O)O)ccc([N+](=O)[O-])c1OC(C)C.CC(C)Oc1c(C=O)ccc([N+](=O)[O-])c1OC(C)C.COc1c([N+](=O)[O-])ccc(C(=O)O)c1O.COc1c([N+](=O)[O-])ccc(C=O)c1O.COc1c([N+](=O)[O-])ccc(C=O)c1O.COc1c([N+](=O)[O-])ccc(C=O)c1OC(C)=O.COc1cccc(C=O)c1O.COc1cccc(C=O)c1OC(C)=O.O=Cc1ccc([N+](=O)[O-])c(O)c1O.[B].[B].[B].[B][B]. The number of phenolic OH excluding ortho intramolecular Hbond substituents is 5. The van der Waals surface area contributed by atoms with Crippen LogP contribution in [0.5, 0.6) is 103 Å². The van der Waals surface area contributed by atoms with Gasteiger partial charge in [-0.05, 0) is 122 Å². The summed E-state index contributed by atoms with van der Waals surface area (Å²) in [6, 6.07) is 25.1. The van der Waals surface area contributed by atoms with Crippen molar-refractivity contribution in [3.8, 4) is 103 Å². The van der Waals surface area contributed by atoms with Crippen LogP contribution in [0, 0.1) is 70.8 Å². The molecule has 0 aliphatic rings.